The number of rotatable bonds is 3. The maximum Gasteiger partial charge on any atom is 0.249 e. The van der Waals surface area contributed by atoms with Crippen LogP contribution in [-0.2, 0) is 4.79 Å². The van der Waals surface area contributed by atoms with Crippen LogP contribution >= 0.6 is 0 Å². The Labute approximate surface area is 129 Å². The van der Waals surface area contributed by atoms with E-state index in [-0.39, 0.29) is 11.9 Å². The van der Waals surface area contributed by atoms with E-state index in [1.54, 1.807) is 17.0 Å². The summed E-state index contributed by atoms with van der Waals surface area (Å²) in [5.41, 5.74) is 2.60. The van der Waals surface area contributed by atoms with Gasteiger partial charge >= 0.3 is 0 Å². The number of nitriles is 1. The van der Waals surface area contributed by atoms with Crippen molar-refractivity contribution < 1.29 is 4.79 Å². The summed E-state index contributed by atoms with van der Waals surface area (Å²) < 4.78 is 0. The maximum absolute atomic E-state index is 12.5. The number of nitrogens with one attached hydrogen (secondary N) is 1. The molecule has 5 nitrogen and oxygen atoms in total. The summed E-state index contributed by atoms with van der Waals surface area (Å²) in [6.45, 7) is 2.71. The van der Waals surface area contributed by atoms with Crippen LogP contribution in [0.2, 0.25) is 0 Å². The summed E-state index contributed by atoms with van der Waals surface area (Å²) in [6.07, 6.45) is 2.23. The lowest BCUT2D eigenvalue weighted by Gasteiger charge is -2.17. The normalized spacial score (nSPS) is 17.4. The molecule has 1 amide bonds. The smallest absolute Gasteiger partial charge is 0.249 e. The second-order valence-electron chi connectivity index (χ2n) is 5.35. The molecule has 1 saturated heterocycles. The fraction of sp³-hybridized carbons (Fsp3) is 0.235. The van der Waals surface area contributed by atoms with E-state index in [1.807, 2.05) is 37.3 Å². The molecule has 0 bridgehead atoms. The van der Waals surface area contributed by atoms with Gasteiger partial charge in [0.05, 0.1) is 5.56 Å². The number of aryl methyl sites for hydroxylation is 1. The van der Waals surface area contributed by atoms with Crippen LogP contribution in [-0.4, -0.2) is 23.5 Å². The number of benzene rings is 1. The molecule has 1 aliphatic heterocycles. The van der Waals surface area contributed by atoms with Gasteiger partial charge in [-0.3, -0.25) is 4.79 Å². The molecule has 0 saturated carbocycles. The SMILES string of the molecule is Cc1ccc(N2CCC(Nc3ccc(C#N)cn3)C2=O)cc1. The summed E-state index contributed by atoms with van der Waals surface area (Å²) >= 11 is 0. The molecule has 3 rings (SSSR count). The summed E-state index contributed by atoms with van der Waals surface area (Å²) in [5, 5.41) is 11.9. The highest BCUT2D eigenvalue weighted by Gasteiger charge is 2.32. The van der Waals surface area contributed by atoms with E-state index in [4.69, 9.17) is 5.26 Å². The van der Waals surface area contributed by atoms with Gasteiger partial charge in [-0.25, -0.2) is 4.98 Å². The van der Waals surface area contributed by atoms with E-state index >= 15 is 0 Å². The molecule has 0 radical (unpaired) electrons. The van der Waals surface area contributed by atoms with Crippen LogP contribution in [0.25, 0.3) is 0 Å². The maximum atomic E-state index is 12.5. The van der Waals surface area contributed by atoms with Gasteiger partial charge in [-0.2, -0.15) is 5.26 Å². The lowest BCUT2D eigenvalue weighted by Crippen LogP contribution is -2.33. The highest BCUT2D eigenvalue weighted by Crippen LogP contribution is 2.23. The standard InChI is InChI=1S/C17H16N4O/c1-12-2-5-14(6-3-12)21-9-8-15(17(21)22)20-16-7-4-13(10-18)11-19-16/h2-7,11,15H,8-9H2,1H3,(H,19,20). The number of pyridine rings is 1. The fourth-order valence-corrected chi connectivity index (χ4v) is 2.52. The molecule has 2 heterocycles. The minimum Gasteiger partial charge on any atom is -0.358 e. The number of amides is 1. The first-order valence-electron chi connectivity index (χ1n) is 7.18. The highest BCUT2D eigenvalue weighted by molar-refractivity contribution is 6.00. The zero-order chi connectivity index (χ0) is 15.5. The molecule has 110 valence electrons. The molecule has 2 aromatic rings. The molecule has 1 N–H and O–H groups in total. The predicted octanol–water partition coefficient (Wildman–Crippen LogP) is 2.48. The van der Waals surface area contributed by atoms with Gasteiger partial charge in [0.2, 0.25) is 5.91 Å². The average molecular weight is 292 g/mol. The van der Waals surface area contributed by atoms with Crippen LogP contribution in [0.4, 0.5) is 11.5 Å². The number of carbonyl (C=O) groups excluding carboxylic acids is 1. The fourth-order valence-electron chi connectivity index (χ4n) is 2.52. The van der Waals surface area contributed by atoms with E-state index in [0.29, 0.717) is 17.9 Å². The molecule has 0 aliphatic carbocycles. The molecule has 1 fully saturated rings. The van der Waals surface area contributed by atoms with Gasteiger partial charge in [0.15, 0.2) is 0 Å². The molecule has 1 atom stereocenters. The first kappa shape index (κ1) is 14.1. The van der Waals surface area contributed by atoms with E-state index in [0.717, 1.165) is 12.1 Å². The number of carbonyl (C=O) groups is 1. The topological polar surface area (TPSA) is 69.0 Å². The number of nitrogens with zero attached hydrogens (tertiary/aromatic N) is 3. The molecule has 1 aromatic heterocycles. The number of anilines is 2. The third-order valence-electron chi connectivity index (χ3n) is 3.77. The average Bonchev–Trinajstić information content (AvgIpc) is 2.90. The van der Waals surface area contributed by atoms with Crippen LogP contribution in [0.15, 0.2) is 42.6 Å². The van der Waals surface area contributed by atoms with Crippen LogP contribution in [0.5, 0.6) is 0 Å². The zero-order valence-corrected chi connectivity index (χ0v) is 12.3. The monoisotopic (exact) mass is 292 g/mol. The van der Waals surface area contributed by atoms with Crippen molar-refractivity contribution in [3.05, 3.63) is 53.7 Å². The van der Waals surface area contributed by atoms with Gasteiger partial charge < -0.3 is 10.2 Å². The van der Waals surface area contributed by atoms with Gasteiger partial charge in [0, 0.05) is 18.4 Å². The Kier molecular flexibility index (Phi) is 3.75. The first-order valence-corrected chi connectivity index (χ1v) is 7.18. The highest BCUT2D eigenvalue weighted by atomic mass is 16.2. The number of hydrogen-bond acceptors (Lipinski definition) is 4. The van der Waals surface area contributed by atoms with Gasteiger partial charge in [0.1, 0.15) is 17.9 Å². The molecular weight excluding hydrogens is 276 g/mol. The van der Waals surface area contributed by atoms with Crippen molar-refractivity contribution in [3.8, 4) is 6.07 Å². The summed E-state index contributed by atoms with van der Waals surface area (Å²) in [5.74, 6) is 0.665. The molecule has 0 spiro atoms. The lowest BCUT2D eigenvalue weighted by atomic mass is 10.2. The molecule has 1 aliphatic rings. The molecule has 1 unspecified atom stereocenters. The largest absolute Gasteiger partial charge is 0.358 e. The molecular formula is C17H16N4O. The lowest BCUT2D eigenvalue weighted by molar-refractivity contribution is -0.117. The van der Waals surface area contributed by atoms with Crippen molar-refractivity contribution in [2.24, 2.45) is 0 Å². The van der Waals surface area contributed by atoms with Crippen molar-refractivity contribution in [1.29, 1.82) is 5.26 Å². The predicted molar refractivity (Wildman–Crippen MR) is 84.5 cm³/mol. The second-order valence-corrected chi connectivity index (χ2v) is 5.35. The zero-order valence-electron chi connectivity index (χ0n) is 12.3. The first-order chi connectivity index (χ1) is 10.7. The van der Waals surface area contributed by atoms with Crippen molar-refractivity contribution in [1.82, 2.24) is 4.98 Å². The van der Waals surface area contributed by atoms with Crippen molar-refractivity contribution >= 4 is 17.4 Å². The Morgan fingerprint density at radius 2 is 2.05 bits per heavy atom. The Balaban J connectivity index is 1.70. The van der Waals surface area contributed by atoms with Crippen LogP contribution in [0.3, 0.4) is 0 Å². The van der Waals surface area contributed by atoms with Gasteiger partial charge in [-0.05, 0) is 37.6 Å². The van der Waals surface area contributed by atoms with Crippen molar-refractivity contribution in [2.45, 2.75) is 19.4 Å². The Hall–Kier alpha value is -2.87. The molecule has 1 aromatic carbocycles. The van der Waals surface area contributed by atoms with Crippen LogP contribution in [0, 0.1) is 18.3 Å². The Morgan fingerprint density at radius 3 is 2.68 bits per heavy atom. The van der Waals surface area contributed by atoms with E-state index in [1.165, 1.54) is 11.8 Å². The van der Waals surface area contributed by atoms with Gasteiger partial charge in [-0.15, -0.1) is 0 Å². The number of hydrogen-bond donors (Lipinski definition) is 1. The summed E-state index contributed by atoms with van der Waals surface area (Å²) in [6, 6.07) is 13.1. The Morgan fingerprint density at radius 1 is 1.27 bits per heavy atom. The van der Waals surface area contributed by atoms with E-state index in [9.17, 15) is 4.79 Å². The van der Waals surface area contributed by atoms with Crippen LogP contribution in [0.1, 0.15) is 17.5 Å². The third kappa shape index (κ3) is 2.77. The third-order valence-corrected chi connectivity index (χ3v) is 3.77. The van der Waals surface area contributed by atoms with Crippen molar-refractivity contribution in [2.75, 3.05) is 16.8 Å². The minimum absolute atomic E-state index is 0.0509. The van der Waals surface area contributed by atoms with Crippen LogP contribution < -0.4 is 10.2 Å². The van der Waals surface area contributed by atoms with Gasteiger partial charge in [0.25, 0.3) is 0 Å². The summed E-state index contributed by atoms with van der Waals surface area (Å²) in [7, 11) is 0. The van der Waals surface area contributed by atoms with Gasteiger partial charge in [-0.1, -0.05) is 17.7 Å². The minimum atomic E-state index is -0.276. The quantitative estimate of drug-likeness (QED) is 0.943. The van der Waals surface area contributed by atoms with Crippen molar-refractivity contribution in [3.63, 3.8) is 0 Å². The molecule has 5 heteroatoms. The Bertz CT molecular complexity index is 716. The molecule has 22 heavy (non-hydrogen) atoms. The van der Waals surface area contributed by atoms with E-state index in [2.05, 4.69) is 10.3 Å². The van der Waals surface area contributed by atoms with E-state index < -0.39 is 0 Å². The number of aromatic nitrogens is 1. The summed E-state index contributed by atoms with van der Waals surface area (Å²) in [4.78, 5) is 18.4. The second kappa shape index (κ2) is 5.86.